The van der Waals surface area contributed by atoms with Crippen LogP contribution in [-0.2, 0) is 9.53 Å². The molecule has 6 heteroatoms. The largest absolute Gasteiger partial charge is 0.475 e. The lowest BCUT2D eigenvalue weighted by molar-refractivity contribution is -0.151. The molecule has 0 heterocycles. The second kappa shape index (κ2) is 7.60. The average molecular weight is 351 g/mol. The molecular formula is C13H17BrClNO3. The van der Waals surface area contributed by atoms with Crippen molar-refractivity contribution in [2.45, 2.75) is 32.8 Å². The molecule has 0 bridgehead atoms. The van der Waals surface area contributed by atoms with Crippen LogP contribution in [-0.4, -0.2) is 18.7 Å². The summed E-state index contributed by atoms with van der Waals surface area (Å²) >= 11 is 9.20. The monoisotopic (exact) mass is 349 g/mol. The lowest BCUT2D eigenvalue weighted by atomic mass is 10.2. The van der Waals surface area contributed by atoms with Crippen LogP contribution in [0.1, 0.15) is 26.7 Å². The maximum Gasteiger partial charge on any atom is 0.347 e. The van der Waals surface area contributed by atoms with E-state index in [1.165, 1.54) is 0 Å². The van der Waals surface area contributed by atoms with E-state index >= 15 is 0 Å². The van der Waals surface area contributed by atoms with E-state index in [-0.39, 0.29) is 5.97 Å². The number of esters is 1. The van der Waals surface area contributed by atoms with Gasteiger partial charge in [0, 0.05) is 5.02 Å². The van der Waals surface area contributed by atoms with E-state index in [9.17, 15) is 4.79 Å². The van der Waals surface area contributed by atoms with Crippen LogP contribution in [0.15, 0.2) is 16.6 Å². The van der Waals surface area contributed by atoms with Gasteiger partial charge in [0.1, 0.15) is 0 Å². The fraction of sp³-hybridized carbons (Fsp3) is 0.462. The van der Waals surface area contributed by atoms with Crippen molar-refractivity contribution in [2.75, 3.05) is 12.3 Å². The quantitative estimate of drug-likeness (QED) is 0.626. The zero-order chi connectivity index (χ0) is 14.4. The summed E-state index contributed by atoms with van der Waals surface area (Å²) in [6.07, 6.45) is 0.701. The van der Waals surface area contributed by atoms with Crippen molar-refractivity contribution in [3.63, 3.8) is 0 Å². The molecule has 0 aliphatic heterocycles. The van der Waals surface area contributed by atoms with Gasteiger partial charge in [-0.2, -0.15) is 0 Å². The minimum Gasteiger partial charge on any atom is -0.475 e. The van der Waals surface area contributed by atoms with Crippen molar-refractivity contribution in [3.05, 3.63) is 21.6 Å². The third kappa shape index (κ3) is 4.58. The molecule has 0 saturated carbocycles. The highest BCUT2D eigenvalue weighted by atomic mass is 79.9. The molecule has 19 heavy (non-hydrogen) atoms. The Morgan fingerprint density at radius 1 is 1.47 bits per heavy atom. The Morgan fingerprint density at radius 3 is 2.68 bits per heavy atom. The van der Waals surface area contributed by atoms with Crippen molar-refractivity contribution in [1.82, 2.24) is 0 Å². The number of rotatable bonds is 6. The fourth-order valence-electron chi connectivity index (χ4n) is 1.57. The normalized spacial score (nSPS) is 12.0. The van der Waals surface area contributed by atoms with Crippen LogP contribution in [0.3, 0.4) is 0 Å². The van der Waals surface area contributed by atoms with Gasteiger partial charge in [0.2, 0.25) is 0 Å². The highest BCUT2D eigenvalue weighted by molar-refractivity contribution is 9.10. The average Bonchev–Trinajstić information content (AvgIpc) is 2.32. The van der Waals surface area contributed by atoms with Gasteiger partial charge in [-0.1, -0.05) is 24.9 Å². The zero-order valence-corrected chi connectivity index (χ0v) is 13.3. The predicted molar refractivity (Wildman–Crippen MR) is 79.5 cm³/mol. The van der Waals surface area contributed by atoms with Crippen LogP contribution in [0, 0.1) is 0 Å². The van der Waals surface area contributed by atoms with Gasteiger partial charge in [-0.05, 0) is 41.4 Å². The van der Waals surface area contributed by atoms with Crippen LogP contribution < -0.4 is 10.5 Å². The van der Waals surface area contributed by atoms with Gasteiger partial charge in [0.05, 0.1) is 16.8 Å². The van der Waals surface area contributed by atoms with Gasteiger partial charge in [0.15, 0.2) is 11.9 Å². The van der Waals surface area contributed by atoms with E-state index < -0.39 is 6.10 Å². The van der Waals surface area contributed by atoms with Gasteiger partial charge in [0.25, 0.3) is 0 Å². The number of hydrogen-bond donors (Lipinski definition) is 1. The first-order valence-electron chi connectivity index (χ1n) is 6.07. The molecule has 0 saturated heterocycles. The molecule has 0 aliphatic carbocycles. The van der Waals surface area contributed by atoms with Crippen molar-refractivity contribution >= 4 is 39.2 Å². The predicted octanol–water partition coefficient (Wildman–Crippen LogP) is 3.80. The van der Waals surface area contributed by atoms with Crippen LogP contribution in [0.4, 0.5) is 5.69 Å². The Kier molecular flexibility index (Phi) is 6.45. The van der Waals surface area contributed by atoms with E-state index in [0.717, 1.165) is 6.42 Å². The number of hydrogen-bond acceptors (Lipinski definition) is 4. The van der Waals surface area contributed by atoms with Crippen molar-refractivity contribution in [1.29, 1.82) is 0 Å². The lowest BCUT2D eigenvalue weighted by Crippen LogP contribution is -2.29. The summed E-state index contributed by atoms with van der Waals surface area (Å²) in [6.45, 7) is 4.04. The first-order valence-corrected chi connectivity index (χ1v) is 7.24. The van der Waals surface area contributed by atoms with E-state index in [0.29, 0.717) is 34.0 Å². The SMILES string of the molecule is CCCC(Oc1c(N)cc(Cl)cc1Br)C(=O)OCC. The molecule has 2 N–H and O–H groups in total. The molecule has 0 aliphatic rings. The Hall–Kier alpha value is -0.940. The molecule has 1 rings (SSSR count). The Labute approximate surface area is 126 Å². The Morgan fingerprint density at radius 2 is 2.16 bits per heavy atom. The molecule has 0 fully saturated rings. The summed E-state index contributed by atoms with van der Waals surface area (Å²) in [7, 11) is 0. The van der Waals surface area contributed by atoms with Crippen molar-refractivity contribution < 1.29 is 14.3 Å². The third-order valence-electron chi connectivity index (χ3n) is 2.40. The molecule has 1 atom stereocenters. The number of nitrogen functional groups attached to an aromatic ring is 1. The zero-order valence-electron chi connectivity index (χ0n) is 10.9. The van der Waals surface area contributed by atoms with E-state index in [2.05, 4.69) is 15.9 Å². The number of nitrogens with two attached hydrogens (primary N) is 1. The van der Waals surface area contributed by atoms with E-state index in [1.807, 2.05) is 6.92 Å². The molecule has 0 amide bonds. The molecule has 1 aromatic carbocycles. The summed E-state index contributed by atoms with van der Waals surface area (Å²) < 4.78 is 11.3. The number of carbonyl (C=O) groups excluding carboxylic acids is 1. The van der Waals surface area contributed by atoms with Gasteiger partial charge < -0.3 is 15.2 Å². The smallest absolute Gasteiger partial charge is 0.347 e. The summed E-state index contributed by atoms with van der Waals surface area (Å²) in [4.78, 5) is 11.8. The second-order valence-corrected chi connectivity index (χ2v) is 5.24. The minimum absolute atomic E-state index is 0.319. The minimum atomic E-state index is -0.662. The molecule has 1 unspecified atom stereocenters. The second-order valence-electron chi connectivity index (χ2n) is 3.95. The third-order valence-corrected chi connectivity index (χ3v) is 3.20. The molecular weight excluding hydrogens is 334 g/mol. The maximum absolute atomic E-state index is 11.8. The van der Waals surface area contributed by atoms with E-state index in [4.69, 9.17) is 26.8 Å². The summed E-state index contributed by atoms with van der Waals surface area (Å²) in [5.41, 5.74) is 6.23. The Bertz CT molecular complexity index is 431. The first kappa shape index (κ1) is 16.1. The molecule has 1 aromatic rings. The number of ether oxygens (including phenoxy) is 2. The lowest BCUT2D eigenvalue weighted by Gasteiger charge is -2.19. The van der Waals surface area contributed by atoms with Crippen LogP contribution in [0.2, 0.25) is 5.02 Å². The van der Waals surface area contributed by atoms with Crippen molar-refractivity contribution in [3.8, 4) is 5.75 Å². The van der Waals surface area contributed by atoms with Crippen molar-refractivity contribution in [2.24, 2.45) is 0 Å². The molecule has 4 nitrogen and oxygen atoms in total. The first-order chi connectivity index (χ1) is 8.99. The van der Waals surface area contributed by atoms with Crippen LogP contribution in [0.25, 0.3) is 0 Å². The fourth-order valence-corrected chi connectivity index (χ4v) is 2.50. The number of halogens is 2. The van der Waals surface area contributed by atoms with Gasteiger partial charge in [-0.25, -0.2) is 4.79 Å². The molecule has 0 aromatic heterocycles. The standard InChI is InChI=1S/C13H17BrClNO3/c1-3-5-11(13(17)18-4-2)19-12-9(14)6-8(15)7-10(12)16/h6-7,11H,3-5,16H2,1-2H3. The molecule has 106 valence electrons. The van der Waals surface area contributed by atoms with Gasteiger partial charge in [-0.15, -0.1) is 0 Å². The highest BCUT2D eigenvalue weighted by Gasteiger charge is 2.23. The van der Waals surface area contributed by atoms with Gasteiger partial charge in [-0.3, -0.25) is 0 Å². The topological polar surface area (TPSA) is 61.5 Å². The number of anilines is 1. The Balaban J connectivity index is 2.93. The summed E-state index contributed by atoms with van der Waals surface area (Å²) in [5.74, 6) is 0.0292. The molecule has 0 radical (unpaired) electrons. The van der Waals surface area contributed by atoms with E-state index in [1.54, 1.807) is 19.1 Å². The van der Waals surface area contributed by atoms with Crippen LogP contribution in [0.5, 0.6) is 5.75 Å². The van der Waals surface area contributed by atoms with Gasteiger partial charge >= 0.3 is 5.97 Å². The van der Waals surface area contributed by atoms with Crippen LogP contribution >= 0.6 is 27.5 Å². The molecule has 0 spiro atoms. The summed E-state index contributed by atoms with van der Waals surface area (Å²) in [6, 6.07) is 3.25. The highest BCUT2D eigenvalue weighted by Crippen LogP contribution is 2.35. The number of benzene rings is 1. The maximum atomic E-state index is 11.8. The summed E-state index contributed by atoms with van der Waals surface area (Å²) in [5, 5.41) is 0.500. The number of carbonyl (C=O) groups is 1.